The largest absolute Gasteiger partial charge is 0.452 e. The van der Waals surface area contributed by atoms with Crippen LogP contribution in [0.4, 0.5) is 4.79 Å². The molecule has 1 atom stereocenters. The minimum Gasteiger partial charge on any atom is -0.452 e. The Kier molecular flexibility index (Phi) is 8.66. The lowest BCUT2D eigenvalue weighted by atomic mass is 9.94. The SMILES string of the molecule is CC(C)c1cccc(C(C)C)c1OC(=O)COC(=O)C1COCCN1C(=O)OC(C)(C)C. The summed E-state index contributed by atoms with van der Waals surface area (Å²) in [6.07, 6.45) is -0.627. The lowest BCUT2D eigenvalue weighted by Gasteiger charge is -2.35. The Morgan fingerprint density at radius 2 is 1.69 bits per heavy atom. The first kappa shape index (κ1) is 25.6. The highest BCUT2D eigenvalue weighted by atomic mass is 16.6. The molecule has 0 aromatic heterocycles. The van der Waals surface area contributed by atoms with Crippen LogP contribution in [-0.2, 0) is 23.8 Å². The Labute approximate surface area is 190 Å². The Hall–Kier alpha value is -2.61. The van der Waals surface area contributed by atoms with E-state index >= 15 is 0 Å². The van der Waals surface area contributed by atoms with Gasteiger partial charge in [-0.05, 0) is 43.7 Å². The summed E-state index contributed by atoms with van der Waals surface area (Å²) in [7, 11) is 0. The molecule has 178 valence electrons. The molecule has 32 heavy (non-hydrogen) atoms. The smallest absolute Gasteiger partial charge is 0.411 e. The first-order chi connectivity index (χ1) is 14.9. The molecule has 8 heteroatoms. The van der Waals surface area contributed by atoms with Crippen molar-refractivity contribution in [3.05, 3.63) is 29.3 Å². The lowest BCUT2D eigenvalue weighted by Crippen LogP contribution is -2.54. The van der Waals surface area contributed by atoms with E-state index in [1.807, 2.05) is 45.9 Å². The van der Waals surface area contributed by atoms with Gasteiger partial charge in [0, 0.05) is 6.54 Å². The molecule has 0 N–H and O–H groups in total. The second-order valence-electron chi connectivity index (χ2n) is 9.42. The number of carbonyl (C=O) groups is 3. The minimum atomic E-state index is -0.986. The van der Waals surface area contributed by atoms with Gasteiger partial charge in [-0.1, -0.05) is 45.9 Å². The molecule has 0 saturated carbocycles. The number of hydrogen-bond acceptors (Lipinski definition) is 7. The highest BCUT2D eigenvalue weighted by Crippen LogP contribution is 2.34. The molecule has 1 unspecified atom stereocenters. The number of hydrogen-bond donors (Lipinski definition) is 0. The normalized spacial score (nSPS) is 16.8. The zero-order chi connectivity index (χ0) is 24.1. The number of benzene rings is 1. The van der Waals surface area contributed by atoms with E-state index in [0.29, 0.717) is 5.75 Å². The van der Waals surface area contributed by atoms with E-state index < -0.39 is 36.3 Å². The van der Waals surface area contributed by atoms with Gasteiger partial charge in [-0.25, -0.2) is 14.4 Å². The van der Waals surface area contributed by atoms with E-state index in [4.69, 9.17) is 18.9 Å². The monoisotopic (exact) mass is 449 g/mol. The van der Waals surface area contributed by atoms with Crippen molar-refractivity contribution < 1.29 is 33.3 Å². The maximum atomic E-state index is 12.6. The standard InChI is InChI=1S/C24H35NO7/c1-15(2)17-9-8-10-18(16(3)4)21(17)31-20(26)14-30-22(27)19-13-29-12-11-25(19)23(28)32-24(5,6)7/h8-10,15-16,19H,11-14H2,1-7H3. The third kappa shape index (κ3) is 6.95. The van der Waals surface area contributed by atoms with Gasteiger partial charge in [0.05, 0.1) is 13.2 Å². The number of nitrogens with zero attached hydrogens (tertiary/aromatic N) is 1. The summed E-state index contributed by atoms with van der Waals surface area (Å²) < 4.78 is 21.5. The first-order valence-electron chi connectivity index (χ1n) is 11.0. The number of carbonyl (C=O) groups excluding carboxylic acids is 3. The summed E-state index contributed by atoms with van der Waals surface area (Å²) >= 11 is 0. The summed E-state index contributed by atoms with van der Waals surface area (Å²) in [5, 5.41) is 0. The van der Waals surface area contributed by atoms with Crippen LogP contribution in [0.2, 0.25) is 0 Å². The molecule has 1 fully saturated rings. The van der Waals surface area contributed by atoms with Crippen LogP contribution >= 0.6 is 0 Å². The van der Waals surface area contributed by atoms with E-state index in [9.17, 15) is 14.4 Å². The van der Waals surface area contributed by atoms with E-state index in [2.05, 4.69) is 0 Å². The van der Waals surface area contributed by atoms with E-state index in [-0.39, 0.29) is 31.6 Å². The summed E-state index contributed by atoms with van der Waals surface area (Å²) in [4.78, 5) is 38.9. The molecular weight excluding hydrogens is 414 g/mol. The molecule has 1 aliphatic rings. The highest BCUT2D eigenvalue weighted by molar-refractivity contribution is 5.84. The van der Waals surface area contributed by atoms with E-state index in [1.54, 1.807) is 20.8 Å². The van der Waals surface area contributed by atoms with E-state index in [1.165, 1.54) is 4.90 Å². The zero-order valence-electron chi connectivity index (χ0n) is 20.1. The lowest BCUT2D eigenvalue weighted by molar-refractivity contribution is -0.162. The molecule has 1 aromatic rings. The van der Waals surface area contributed by atoms with Crippen molar-refractivity contribution in [3.8, 4) is 5.75 Å². The van der Waals surface area contributed by atoms with E-state index in [0.717, 1.165) is 11.1 Å². The molecule has 2 rings (SSSR count). The Morgan fingerprint density at radius 3 is 2.22 bits per heavy atom. The summed E-state index contributed by atoms with van der Waals surface area (Å²) in [5.41, 5.74) is 1.12. The Bertz CT molecular complexity index is 800. The number of esters is 2. The molecule has 8 nitrogen and oxygen atoms in total. The van der Waals surface area contributed by atoms with Crippen molar-refractivity contribution in [3.63, 3.8) is 0 Å². The number of amides is 1. The molecular formula is C24H35NO7. The predicted octanol–water partition coefficient (Wildman–Crippen LogP) is 4.02. The average molecular weight is 450 g/mol. The fourth-order valence-electron chi connectivity index (χ4n) is 3.31. The van der Waals surface area contributed by atoms with Crippen molar-refractivity contribution in [2.75, 3.05) is 26.4 Å². The quantitative estimate of drug-likeness (QED) is 0.478. The van der Waals surface area contributed by atoms with Crippen LogP contribution in [0.1, 0.15) is 71.4 Å². The molecule has 0 radical (unpaired) electrons. The summed E-state index contributed by atoms with van der Waals surface area (Å²) in [6.45, 7) is 13.2. The van der Waals surface area contributed by atoms with Gasteiger partial charge >= 0.3 is 18.0 Å². The maximum Gasteiger partial charge on any atom is 0.411 e. The zero-order valence-corrected chi connectivity index (χ0v) is 20.1. The predicted molar refractivity (Wildman–Crippen MR) is 119 cm³/mol. The summed E-state index contributed by atoms with van der Waals surface area (Å²) in [6, 6.07) is 4.80. The number of rotatable bonds is 6. The van der Waals surface area contributed by atoms with Gasteiger partial charge in [0.2, 0.25) is 0 Å². The van der Waals surface area contributed by atoms with Gasteiger partial charge in [0.1, 0.15) is 11.4 Å². The minimum absolute atomic E-state index is 0.0270. The number of para-hydroxylation sites is 1. The second kappa shape index (κ2) is 10.8. The van der Waals surface area contributed by atoms with Gasteiger partial charge in [0.25, 0.3) is 0 Å². The molecule has 0 aliphatic carbocycles. The Balaban J connectivity index is 2.05. The van der Waals surface area contributed by atoms with Crippen molar-refractivity contribution in [1.82, 2.24) is 4.90 Å². The van der Waals surface area contributed by atoms with Crippen LogP contribution in [0.5, 0.6) is 5.75 Å². The Morgan fingerprint density at radius 1 is 1.09 bits per heavy atom. The fourth-order valence-corrected chi connectivity index (χ4v) is 3.31. The van der Waals surface area contributed by atoms with Gasteiger partial charge < -0.3 is 18.9 Å². The molecule has 1 aliphatic heterocycles. The third-order valence-electron chi connectivity index (χ3n) is 4.90. The number of ether oxygens (including phenoxy) is 4. The molecule has 1 aromatic carbocycles. The molecule has 1 saturated heterocycles. The van der Waals surface area contributed by atoms with Gasteiger partial charge in [-0.2, -0.15) is 0 Å². The van der Waals surface area contributed by atoms with Crippen LogP contribution < -0.4 is 4.74 Å². The third-order valence-corrected chi connectivity index (χ3v) is 4.90. The van der Waals surface area contributed by atoms with Crippen LogP contribution in [-0.4, -0.2) is 60.9 Å². The fraction of sp³-hybridized carbons (Fsp3) is 0.625. The van der Waals surface area contributed by atoms with Crippen molar-refractivity contribution in [1.29, 1.82) is 0 Å². The summed E-state index contributed by atoms with van der Waals surface area (Å²) in [5.74, 6) is -0.612. The topological polar surface area (TPSA) is 91.4 Å². The van der Waals surface area contributed by atoms with Gasteiger partial charge in [-0.15, -0.1) is 0 Å². The van der Waals surface area contributed by atoms with Crippen molar-refractivity contribution in [2.45, 2.75) is 71.9 Å². The molecule has 1 amide bonds. The average Bonchev–Trinajstić information content (AvgIpc) is 2.70. The maximum absolute atomic E-state index is 12.6. The van der Waals surface area contributed by atoms with Crippen molar-refractivity contribution in [2.24, 2.45) is 0 Å². The number of morpholine rings is 1. The van der Waals surface area contributed by atoms with Gasteiger partial charge in [0.15, 0.2) is 12.6 Å². The van der Waals surface area contributed by atoms with Gasteiger partial charge in [-0.3, -0.25) is 4.90 Å². The van der Waals surface area contributed by atoms with Crippen LogP contribution in [0.15, 0.2) is 18.2 Å². The highest BCUT2D eigenvalue weighted by Gasteiger charge is 2.37. The second-order valence-corrected chi connectivity index (χ2v) is 9.42. The van der Waals surface area contributed by atoms with Crippen molar-refractivity contribution >= 4 is 18.0 Å². The molecule has 0 spiro atoms. The molecule has 1 heterocycles. The molecule has 0 bridgehead atoms. The van der Waals surface area contributed by atoms with Crippen LogP contribution in [0.25, 0.3) is 0 Å². The first-order valence-corrected chi connectivity index (χ1v) is 11.0. The van der Waals surface area contributed by atoms with Crippen LogP contribution in [0.3, 0.4) is 0 Å². The van der Waals surface area contributed by atoms with Crippen LogP contribution in [0, 0.1) is 0 Å².